The Kier molecular flexibility index (Phi) is 4.77. The molecule has 1 heterocycles. The zero-order valence-electron chi connectivity index (χ0n) is 11.2. The van der Waals surface area contributed by atoms with Gasteiger partial charge in [-0.25, -0.2) is 0 Å². The molecule has 20 heavy (non-hydrogen) atoms. The Morgan fingerprint density at radius 1 is 1.45 bits per heavy atom. The number of pyridine rings is 1. The van der Waals surface area contributed by atoms with Crippen LogP contribution in [0, 0.1) is 0 Å². The maximum absolute atomic E-state index is 10.0. The van der Waals surface area contributed by atoms with Gasteiger partial charge in [-0.05, 0) is 18.6 Å². The van der Waals surface area contributed by atoms with E-state index in [-0.39, 0.29) is 0 Å². The van der Waals surface area contributed by atoms with Crippen molar-refractivity contribution >= 4 is 11.6 Å². The van der Waals surface area contributed by atoms with Crippen LogP contribution in [0.5, 0.6) is 5.75 Å². The van der Waals surface area contributed by atoms with Crippen LogP contribution in [-0.2, 0) is 0 Å². The molecular weight excluding hydrogens is 274 g/mol. The predicted octanol–water partition coefficient (Wildman–Crippen LogP) is 4.02. The summed E-state index contributed by atoms with van der Waals surface area (Å²) in [5.74, 6) is 0.601. The Morgan fingerprint density at radius 2 is 2.25 bits per heavy atom. The van der Waals surface area contributed by atoms with Gasteiger partial charge in [-0.1, -0.05) is 29.8 Å². The first-order valence-corrected chi connectivity index (χ1v) is 6.62. The first-order valence-electron chi connectivity index (χ1n) is 6.24. The van der Waals surface area contributed by atoms with Gasteiger partial charge in [0.2, 0.25) is 0 Å². The van der Waals surface area contributed by atoms with E-state index in [1.54, 1.807) is 25.4 Å². The fraction of sp³-hybridized carbons (Fsp3) is 0.188. The summed E-state index contributed by atoms with van der Waals surface area (Å²) in [6.45, 7) is 3.62. The Labute approximate surface area is 123 Å². The van der Waals surface area contributed by atoms with E-state index >= 15 is 0 Å². The second-order valence-corrected chi connectivity index (χ2v) is 4.80. The van der Waals surface area contributed by atoms with E-state index in [9.17, 15) is 5.11 Å². The highest BCUT2D eigenvalue weighted by Gasteiger charge is 2.14. The van der Waals surface area contributed by atoms with Crippen molar-refractivity contribution in [2.45, 2.75) is 12.5 Å². The van der Waals surface area contributed by atoms with Crippen molar-refractivity contribution in [3.05, 3.63) is 59.8 Å². The fourth-order valence-electron chi connectivity index (χ4n) is 1.97. The highest BCUT2D eigenvalue weighted by Crippen LogP contribution is 2.31. The lowest BCUT2D eigenvalue weighted by atomic mass is 10.1. The summed E-state index contributed by atoms with van der Waals surface area (Å²) in [6, 6.07) is 9.24. The third-order valence-electron chi connectivity index (χ3n) is 2.98. The maximum Gasteiger partial charge on any atom is 0.128 e. The molecule has 0 aliphatic rings. The Morgan fingerprint density at radius 3 is 2.90 bits per heavy atom. The molecule has 0 spiro atoms. The van der Waals surface area contributed by atoms with Crippen molar-refractivity contribution in [2.75, 3.05) is 7.11 Å². The van der Waals surface area contributed by atoms with Crippen LogP contribution in [0.1, 0.15) is 18.1 Å². The molecular formula is C16H16ClNO2. The minimum atomic E-state index is -0.664. The molecule has 0 aliphatic carbocycles. The van der Waals surface area contributed by atoms with Crippen molar-refractivity contribution in [1.29, 1.82) is 0 Å². The maximum atomic E-state index is 10.0. The molecule has 3 nitrogen and oxygen atoms in total. The summed E-state index contributed by atoms with van der Waals surface area (Å²) in [5, 5.41) is 10.7. The van der Waals surface area contributed by atoms with Gasteiger partial charge in [0, 0.05) is 28.4 Å². The fourth-order valence-corrected chi connectivity index (χ4v) is 2.16. The van der Waals surface area contributed by atoms with E-state index in [1.807, 2.05) is 24.3 Å². The number of ether oxygens (including phenoxy) is 1. The molecule has 0 amide bonds. The molecule has 1 aromatic heterocycles. The SMILES string of the molecule is C=CCC(O)c1cnc(-c2cccc(Cl)c2)cc1OC. The monoisotopic (exact) mass is 289 g/mol. The van der Waals surface area contributed by atoms with Gasteiger partial charge < -0.3 is 9.84 Å². The van der Waals surface area contributed by atoms with E-state index in [1.165, 1.54) is 0 Å². The molecule has 0 saturated heterocycles. The van der Waals surface area contributed by atoms with Gasteiger partial charge in [-0.3, -0.25) is 4.98 Å². The number of rotatable bonds is 5. The number of halogens is 1. The quantitative estimate of drug-likeness (QED) is 0.845. The first kappa shape index (κ1) is 14.6. The Bertz CT molecular complexity index is 613. The van der Waals surface area contributed by atoms with Crippen LogP contribution in [-0.4, -0.2) is 17.2 Å². The largest absolute Gasteiger partial charge is 0.496 e. The number of hydrogen-bond donors (Lipinski definition) is 1. The van der Waals surface area contributed by atoms with Gasteiger partial charge in [-0.2, -0.15) is 0 Å². The lowest BCUT2D eigenvalue weighted by molar-refractivity contribution is 0.176. The van der Waals surface area contributed by atoms with E-state index in [0.717, 1.165) is 11.3 Å². The average Bonchev–Trinajstić information content (AvgIpc) is 2.46. The number of aromatic nitrogens is 1. The summed E-state index contributed by atoms with van der Waals surface area (Å²) in [7, 11) is 1.57. The third-order valence-corrected chi connectivity index (χ3v) is 3.22. The third kappa shape index (κ3) is 3.18. The summed E-state index contributed by atoms with van der Waals surface area (Å²) >= 11 is 5.98. The van der Waals surface area contributed by atoms with Crippen LogP contribution < -0.4 is 4.74 Å². The second kappa shape index (κ2) is 6.55. The number of hydrogen-bond acceptors (Lipinski definition) is 3. The molecule has 1 unspecified atom stereocenters. The van der Waals surface area contributed by atoms with E-state index in [4.69, 9.17) is 16.3 Å². The second-order valence-electron chi connectivity index (χ2n) is 4.36. The van der Waals surface area contributed by atoms with Crippen molar-refractivity contribution in [3.8, 4) is 17.0 Å². The zero-order valence-corrected chi connectivity index (χ0v) is 12.0. The molecule has 2 rings (SSSR count). The van der Waals surface area contributed by atoms with Gasteiger partial charge in [0.15, 0.2) is 0 Å². The standard InChI is InChI=1S/C16H16ClNO2/c1-3-5-15(19)13-10-18-14(9-16(13)20-2)11-6-4-7-12(17)8-11/h3-4,6-10,15,19H,1,5H2,2H3. The molecule has 104 valence electrons. The van der Waals surface area contributed by atoms with Crippen LogP contribution in [0.4, 0.5) is 0 Å². The first-order chi connectivity index (χ1) is 9.65. The Hall–Kier alpha value is -1.84. The zero-order chi connectivity index (χ0) is 14.5. The number of aliphatic hydroxyl groups excluding tert-OH is 1. The smallest absolute Gasteiger partial charge is 0.128 e. The van der Waals surface area contributed by atoms with Crippen molar-refractivity contribution in [2.24, 2.45) is 0 Å². The molecule has 2 aromatic rings. The van der Waals surface area contributed by atoms with Gasteiger partial charge in [0.25, 0.3) is 0 Å². The summed E-state index contributed by atoms with van der Waals surface area (Å²) < 4.78 is 5.34. The van der Waals surface area contributed by atoms with Crippen molar-refractivity contribution in [3.63, 3.8) is 0 Å². The predicted molar refractivity (Wildman–Crippen MR) is 81.0 cm³/mol. The van der Waals surface area contributed by atoms with Gasteiger partial charge in [-0.15, -0.1) is 6.58 Å². The van der Waals surface area contributed by atoms with Crippen molar-refractivity contribution < 1.29 is 9.84 Å². The average molecular weight is 290 g/mol. The number of benzene rings is 1. The van der Waals surface area contributed by atoms with Crippen LogP contribution in [0.3, 0.4) is 0 Å². The van der Waals surface area contributed by atoms with Crippen LogP contribution in [0.2, 0.25) is 5.02 Å². The van der Waals surface area contributed by atoms with Gasteiger partial charge >= 0.3 is 0 Å². The van der Waals surface area contributed by atoms with Crippen LogP contribution in [0.15, 0.2) is 49.2 Å². The van der Waals surface area contributed by atoms with Gasteiger partial charge in [0.05, 0.1) is 18.9 Å². The molecule has 0 fully saturated rings. The molecule has 0 bridgehead atoms. The molecule has 0 saturated carbocycles. The molecule has 1 aromatic carbocycles. The number of methoxy groups -OCH3 is 1. The van der Waals surface area contributed by atoms with Crippen LogP contribution in [0.25, 0.3) is 11.3 Å². The molecule has 4 heteroatoms. The molecule has 0 radical (unpaired) electrons. The van der Waals surface area contributed by atoms with Crippen molar-refractivity contribution in [1.82, 2.24) is 4.98 Å². The topological polar surface area (TPSA) is 42.4 Å². The highest BCUT2D eigenvalue weighted by molar-refractivity contribution is 6.30. The Balaban J connectivity index is 2.41. The van der Waals surface area contributed by atoms with E-state index < -0.39 is 6.10 Å². The molecule has 1 atom stereocenters. The lowest BCUT2D eigenvalue weighted by Crippen LogP contribution is -2.01. The minimum Gasteiger partial charge on any atom is -0.496 e. The lowest BCUT2D eigenvalue weighted by Gasteiger charge is -2.14. The normalized spacial score (nSPS) is 11.9. The molecule has 1 N–H and O–H groups in total. The summed E-state index contributed by atoms with van der Waals surface area (Å²) in [4.78, 5) is 4.37. The number of aliphatic hydroxyl groups is 1. The number of nitrogens with zero attached hydrogens (tertiary/aromatic N) is 1. The van der Waals surface area contributed by atoms with E-state index in [0.29, 0.717) is 22.8 Å². The van der Waals surface area contributed by atoms with Gasteiger partial charge in [0.1, 0.15) is 5.75 Å². The highest BCUT2D eigenvalue weighted by atomic mass is 35.5. The van der Waals surface area contributed by atoms with E-state index in [2.05, 4.69) is 11.6 Å². The van der Waals surface area contributed by atoms with Crippen LogP contribution >= 0.6 is 11.6 Å². The summed E-state index contributed by atoms with van der Waals surface area (Å²) in [5.41, 5.74) is 2.30. The summed E-state index contributed by atoms with van der Waals surface area (Å²) in [6.07, 6.45) is 3.08. The minimum absolute atomic E-state index is 0.453. The molecule has 0 aliphatic heterocycles.